The number of primary amides is 1. The molecule has 0 aliphatic rings. The molecule has 0 aliphatic heterocycles. The average Bonchev–Trinajstić information content (AvgIpc) is 3.25. The normalized spacial score (nSPS) is 12.2. The summed E-state index contributed by atoms with van der Waals surface area (Å²) in [7, 11) is 0. The number of anilines is 1. The Hall–Kier alpha value is -4.24. The number of H-pyrrole nitrogens is 1. The molecule has 33 heavy (non-hydrogen) atoms. The molecule has 0 saturated heterocycles. The van der Waals surface area contributed by atoms with Crippen molar-refractivity contribution in [3.63, 3.8) is 0 Å². The monoisotopic (exact) mass is 459 g/mol. The molecule has 0 spiro atoms. The molecule has 0 fully saturated rings. The minimum Gasteiger partial charge on any atom is -0.364 e. The number of carbonyl (C=O) groups is 1. The van der Waals surface area contributed by atoms with Crippen LogP contribution in [0.5, 0.6) is 0 Å². The third-order valence-electron chi connectivity index (χ3n) is 5.43. The van der Waals surface area contributed by atoms with Crippen LogP contribution in [0.15, 0.2) is 65.7 Å². The molecule has 10 heteroatoms. The molecular weight excluding hydrogens is 442 g/mol. The summed E-state index contributed by atoms with van der Waals surface area (Å²) in [5, 5.41) is 11.9. The van der Waals surface area contributed by atoms with E-state index in [2.05, 4.69) is 25.5 Å². The van der Waals surface area contributed by atoms with E-state index >= 15 is 0 Å². The fourth-order valence-electron chi connectivity index (χ4n) is 3.93. The summed E-state index contributed by atoms with van der Waals surface area (Å²) in [4.78, 5) is 33.8. The van der Waals surface area contributed by atoms with Crippen molar-refractivity contribution in [1.29, 1.82) is 0 Å². The molecule has 9 nitrogen and oxygen atoms in total. The number of amides is 1. The summed E-state index contributed by atoms with van der Waals surface area (Å²) < 4.78 is 1.62. The van der Waals surface area contributed by atoms with Crippen molar-refractivity contribution in [2.75, 3.05) is 5.32 Å². The van der Waals surface area contributed by atoms with Crippen LogP contribution in [0.4, 0.5) is 5.82 Å². The molecule has 0 radical (unpaired) electrons. The molecule has 0 bridgehead atoms. The van der Waals surface area contributed by atoms with Gasteiger partial charge in [-0.3, -0.25) is 19.3 Å². The molecule has 0 saturated carbocycles. The Morgan fingerprint density at radius 3 is 2.67 bits per heavy atom. The molecule has 0 unspecified atom stereocenters. The standard InChI is InChI=1S/C23H18ClN7O2/c1-12(28-21-18-19(20(25)32)29-30-22(18)27-11-26-21)16-10-13-6-5-9-15(24)17(13)23(33)31(16)14-7-3-2-4-8-14/h2-12H,1H3,(H2,25,32)(H2,26,27,28,29,30)/t12-/m0/s1. The molecule has 164 valence electrons. The summed E-state index contributed by atoms with van der Waals surface area (Å²) in [6.07, 6.45) is 1.35. The lowest BCUT2D eigenvalue weighted by molar-refractivity contribution is 0.0997. The van der Waals surface area contributed by atoms with Gasteiger partial charge in [0.15, 0.2) is 11.3 Å². The van der Waals surface area contributed by atoms with Crippen LogP contribution in [0, 0.1) is 0 Å². The van der Waals surface area contributed by atoms with E-state index in [1.54, 1.807) is 16.7 Å². The number of para-hydroxylation sites is 1. The summed E-state index contributed by atoms with van der Waals surface area (Å²) in [6.45, 7) is 1.89. The Bertz CT molecular complexity index is 1580. The lowest BCUT2D eigenvalue weighted by Gasteiger charge is -2.22. The Morgan fingerprint density at radius 1 is 1.12 bits per heavy atom. The van der Waals surface area contributed by atoms with Crippen molar-refractivity contribution in [3.8, 4) is 5.69 Å². The zero-order valence-electron chi connectivity index (χ0n) is 17.4. The second kappa shape index (κ2) is 8.03. The number of fused-ring (bicyclic) bond motifs is 2. The molecule has 5 rings (SSSR count). The first-order valence-electron chi connectivity index (χ1n) is 10.1. The highest BCUT2D eigenvalue weighted by atomic mass is 35.5. The van der Waals surface area contributed by atoms with Gasteiger partial charge in [0, 0.05) is 11.4 Å². The van der Waals surface area contributed by atoms with Gasteiger partial charge in [-0.1, -0.05) is 41.9 Å². The van der Waals surface area contributed by atoms with Crippen LogP contribution >= 0.6 is 11.6 Å². The van der Waals surface area contributed by atoms with Gasteiger partial charge in [-0.25, -0.2) is 9.97 Å². The number of halogens is 1. The van der Waals surface area contributed by atoms with Crippen molar-refractivity contribution in [2.45, 2.75) is 13.0 Å². The van der Waals surface area contributed by atoms with Crippen molar-refractivity contribution in [3.05, 3.63) is 87.7 Å². The first kappa shape index (κ1) is 20.7. The number of benzene rings is 2. The third-order valence-corrected chi connectivity index (χ3v) is 5.74. The summed E-state index contributed by atoms with van der Waals surface area (Å²) >= 11 is 6.38. The van der Waals surface area contributed by atoms with Crippen LogP contribution in [0.3, 0.4) is 0 Å². The number of pyridine rings is 1. The highest BCUT2D eigenvalue weighted by Crippen LogP contribution is 2.29. The SMILES string of the molecule is C[C@H](Nc1ncnc2[nH]nc(C(N)=O)c12)c1cc2cccc(Cl)c2c(=O)n1-c1ccccc1. The number of hydrogen-bond donors (Lipinski definition) is 3. The van der Waals surface area contributed by atoms with Gasteiger partial charge in [0.1, 0.15) is 12.1 Å². The number of nitrogens with one attached hydrogen (secondary N) is 2. The van der Waals surface area contributed by atoms with Gasteiger partial charge in [-0.15, -0.1) is 0 Å². The molecule has 0 aliphatic carbocycles. The predicted molar refractivity (Wildman–Crippen MR) is 127 cm³/mol. The molecule has 3 heterocycles. The maximum Gasteiger partial charge on any atom is 0.270 e. The molecule has 4 N–H and O–H groups in total. The number of aromatic nitrogens is 5. The molecule has 3 aromatic heterocycles. The Labute approximate surface area is 192 Å². The van der Waals surface area contributed by atoms with E-state index in [0.29, 0.717) is 38.6 Å². The van der Waals surface area contributed by atoms with Crippen molar-refractivity contribution in [1.82, 2.24) is 24.7 Å². The number of aromatic amines is 1. The predicted octanol–water partition coefficient (Wildman–Crippen LogP) is 3.58. The van der Waals surface area contributed by atoms with Crippen LogP contribution < -0.4 is 16.6 Å². The number of nitrogens with zero attached hydrogens (tertiary/aromatic N) is 4. The first-order chi connectivity index (χ1) is 16.0. The third kappa shape index (κ3) is 3.48. The second-order valence-corrected chi connectivity index (χ2v) is 7.90. The zero-order chi connectivity index (χ0) is 23.1. The zero-order valence-corrected chi connectivity index (χ0v) is 18.2. The maximum absolute atomic E-state index is 13.6. The van der Waals surface area contributed by atoms with E-state index < -0.39 is 11.9 Å². The molecule has 2 aromatic carbocycles. The van der Waals surface area contributed by atoms with E-state index in [1.807, 2.05) is 49.4 Å². The first-order valence-corrected chi connectivity index (χ1v) is 10.5. The van der Waals surface area contributed by atoms with Gasteiger partial charge in [0.2, 0.25) is 0 Å². The minimum atomic E-state index is -0.701. The maximum atomic E-state index is 13.6. The van der Waals surface area contributed by atoms with Crippen LogP contribution in [0.1, 0.15) is 29.1 Å². The van der Waals surface area contributed by atoms with Gasteiger partial charge >= 0.3 is 0 Å². The van der Waals surface area contributed by atoms with Gasteiger partial charge < -0.3 is 11.1 Å². The van der Waals surface area contributed by atoms with Gasteiger partial charge in [-0.05, 0) is 36.6 Å². The topological polar surface area (TPSA) is 132 Å². The lowest BCUT2D eigenvalue weighted by Crippen LogP contribution is -2.26. The van der Waals surface area contributed by atoms with Crippen LogP contribution in [0.25, 0.3) is 27.5 Å². The Morgan fingerprint density at radius 2 is 1.91 bits per heavy atom. The van der Waals surface area contributed by atoms with Gasteiger partial charge in [-0.2, -0.15) is 5.10 Å². The molecule has 5 aromatic rings. The molecule has 1 amide bonds. The van der Waals surface area contributed by atoms with Crippen molar-refractivity contribution < 1.29 is 4.79 Å². The largest absolute Gasteiger partial charge is 0.364 e. The van der Waals surface area contributed by atoms with Crippen molar-refractivity contribution >= 4 is 45.1 Å². The quantitative estimate of drug-likeness (QED) is 0.368. The number of nitrogens with two attached hydrogens (primary N) is 1. The second-order valence-electron chi connectivity index (χ2n) is 7.50. The fraction of sp³-hybridized carbons (Fsp3) is 0.0870. The van der Waals surface area contributed by atoms with E-state index in [-0.39, 0.29) is 11.3 Å². The molecule has 1 atom stereocenters. The van der Waals surface area contributed by atoms with E-state index in [4.69, 9.17) is 17.3 Å². The van der Waals surface area contributed by atoms with Crippen LogP contribution in [-0.2, 0) is 0 Å². The van der Waals surface area contributed by atoms with Crippen LogP contribution in [0.2, 0.25) is 5.02 Å². The molecular formula is C23H18ClN7O2. The van der Waals surface area contributed by atoms with E-state index in [1.165, 1.54) is 6.33 Å². The van der Waals surface area contributed by atoms with Crippen molar-refractivity contribution in [2.24, 2.45) is 5.73 Å². The fourth-order valence-corrected chi connectivity index (χ4v) is 4.19. The Balaban J connectivity index is 1.71. The van der Waals surface area contributed by atoms with Gasteiger partial charge in [0.05, 0.1) is 21.8 Å². The minimum absolute atomic E-state index is 0.0334. The lowest BCUT2D eigenvalue weighted by atomic mass is 10.1. The summed E-state index contributed by atoms with van der Waals surface area (Å²) in [5.41, 5.74) is 7.02. The summed E-state index contributed by atoms with van der Waals surface area (Å²) in [6, 6.07) is 16.2. The Kier molecular flexibility index (Phi) is 5.02. The van der Waals surface area contributed by atoms with Gasteiger partial charge in [0.25, 0.3) is 11.5 Å². The number of rotatable bonds is 5. The summed E-state index contributed by atoms with van der Waals surface area (Å²) in [5.74, 6) is -0.332. The average molecular weight is 460 g/mol. The number of carbonyl (C=O) groups excluding carboxylic acids is 1. The number of hydrogen-bond acceptors (Lipinski definition) is 6. The smallest absolute Gasteiger partial charge is 0.270 e. The van der Waals surface area contributed by atoms with E-state index in [9.17, 15) is 9.59 Å². The highest BCUT2D eigenvalue weighted by molar-refractivity contribution is 6.35. The van der Waals surface area contributed by atoms with E-state index in [0.717, 1.165) is 5.39 Å². The highest BCUT2D eigenvalue weighted by Gasteiger charge is 2.21. The van der Waals surface area contributed by atoms with Crippen LogP contribution in [-0.4, -0.2) is 30.6 Å².